The summed E-state index contributed by atoms with van der Waals surface area (Å²) in [6.07, 6.45) is 6.09. The zero-order valence-corrected chi connectivity index (χ0v) is 10.5. The van der Waals surface area contributed by atoms with Crippen molar-refractivity contribution in [3.05, 3.63) is 0 Å². The number of hydrogen-bond donors (Lipinski definition) is 0. The van der Waals surface area contributed by atoms with Gasteiger partial charge in [-0.3, -0.25) is 4.79 Å². The predicted octanol–water partition coefficient (Wildman–Crippen LogP) is 2.05. The molecule has 3 nitrogen and oxygen atoms in total. The van der Waals surface area contributed by atoms with Crippen molar-refractivity contribution in [2.24, 2.45) is 5.41 Å². The zero-order valence-electron chi connectivity index (χ0n) is 10.5. The van der Waals surface area contributed by atoms with Gasteiger partial charge < -0.3 is 9.47 Å². The molecule has 0 aliphatic carbocycles. The Bertz CT molecular complexity index is 233. The first-order chi connectivity index (χ1) is 7.45. The van der Waals surface area contributed by atoms with E-state index >= 15 is 0 Å². The molecule has 0 bridgehead atoms. The molecule has 92 valence electrons. The lowest BCUT2D eigenvalue weighted by atomic mass is 9.89. The van der Waals surface area contributed by atoms with Gasteiger partial charge in [-0.1, -0.05) is 26.7 Å². The van der Waals surface area contributed by atoms with Crippen molar-refractivity contribution in [3.8, 4) is 12.3 Å². The van der Waals surface area contributed by atoms with Crippen LogP contribution in [0.4, 0.5) is 0 Å². The molecule has 0 heterocycles. The molecule has 0 radical (unpaired) electrons. The topological polar surface area (TPSA) is 35.5 Å². The van der Waals surface area contributed by atoms with Crippen molar-refractivity contribution in [1.29, 1.82) is 0 Å². The van der Waals surface area contributed by atoms with E-state index in [2.05, 4.69) is 26.7 Å². The molecule has 0 aromatic heterocycles. The monoisotopic (exact) mass is 226 g/mol. The van der Waals surface area contributed by atoms with Crippen molar-refractivity contribution >= 4 is 5.78 Å². The summed E-state index contributed by atoms with van der Waals surface area (Å²) in [5, 5.41) is 0. The van der Waals surface area contributed by atoms with Gasteiger partial charge in [0.2, 0.25) is 0 Å². The second-order valence-corrected chi connectivity index (χ2v) is 4.90. The van der Waals surface area contributed by atoms with E-state index in [0.717, 1.165) is 0 Å². The van der Waals surface area contributed by atoms with Crippen LogP contribution in [-0.2, 0) is 14.3 Å². The molecular formula is C13H22O3. The Labute approximate surface area is 98.5 Å². The Hall–Kier alpha value is -0.850. The first-order valence-electron chi connectivity index (χ1n) is 5.56. The predicted molar refractivity (Wildman–Crippen MR) is 64.2 cm³/mol. The Morgan fingerprint density at radius 3 is 2.38 bits per heavy atom. The maximum Gasteiger partial charge on any atom is 0.135 e. The molecule has 0 amide bonds. The van der Waals surface area contributed by atoms with Gasteiger partial charge in [0.05, 0.1) is 19.8 Å². The van der Waals surface area contributed by atoms with Crippen LogP contribution in [0.25, 0.3) is 0 Å². The standard InChI is InChI=1S/C13H22O3/c1-5-7-15-9-10-16-8-6-12(14)11-13(2,3)4/h1H,6-11H2,2-4H3. The van der Waals surface area contributed by atoms with Gasteiger partial charge in [0.15, 0.2) is 0 Å². The molecule has 0 aromatic carbocycles. The van der Waals surface area contributed by atoms with Gasteiger partial charge >= 0.3 is 0 Å². The minimum Gasteiger partial charge on any atom is -0.379 e. The molecule has 0 unspecified atom stereocenters. The highest BCUT2D eigenvalue weighted by Crippen LogP contribution is 2.19. The fraction of sp³-hybridized carbons (Fsp3) is 0.769. The summed E-state index contributed by atoms with van der Waals surface area (Å²) in [7, 11) is 0. The third kappa shape index (κ3) is 11.2. The summed E-state index contributed by atoms with van der Waals surface area (Å²) in [5.74, 6) is 2.62. The lowest BCUT2D eigenvalue weighted by Gasteiger charge is -2.16. The van der Waals surface area contributed by atoms with E-state index in [-0.39, 0.29) is 11.2 Å². The lowest BCUT2D eigenvalue weighted by Crippen LogP contribution is -2.15. The minimum atomic E-state index is 0.0625. The van der Waals surface area contributed by atoms with Crippen molar-refractivity contribution in [2.75, 3.05) is 26.4 Å². The third-order valence-corrected chi connectivity index (χ3v) is 1.81. The summed E-state index contributed by atoms with van der Waals surface area (Å²) in [4.78, 5) is 11.5. The fourth-order valence-corrected chi connectivity index (χ4v) is 1.22. The zero-order chi connectivity index (χ0) is 12.4. The largest absolute Gasteiger partial charge is 0.379 e. The van der Waals surface area contributed by atoms with Gasteiger partial charge in [0.1, 0.15) is 12.4 Å². The molecule has 0 aliphatic heterocycles. The van der Waals surface area contributed by atoms with Crippen LogP contribution in [0.1, 0.15) is 33.6 Å². The second kappa shape index (κ2) is 8.32. The average Bonchev–Trinajstić information content (AvgIpc) is 2.13. The first kappa shape index (κ1) is 15.2. The van der Waals surface area contributed by atoms with Crippen molar-refractivity contribution in [2.45, 2.75) is 33.6 Å². The Balaban J connectivity index is 3.32. The van der Waals surface area contributed by atoms with Gasteiger partial charge in [-0.05, 0) is 5.41 Å². The maximum atomic E-state index is 11.5. The minimum absolute atomic E-state index is 0.0625. The van der Waals surface area contributed by atoms with E-state index < -0.39 is 0 Å². The normalized spacial score (nSPS) is 11.1. The molecule has 16 heavy (non-hydrogen) atoms. The molecule has 0 saturated carbocycles. The molecule has 0 aliphatic rings. The summed E-state index contributed by atoms with van der Waals surface area (Å²) in [5.41, 5.74) is 0.0625. The lowest BCUT2D eigenvalue weighted by molar-refractivity contribution is -0.121. The number of terminal acetylenes is 1. The van der Waals surface area contributed by atoms with Crippen LogP contribution < -0.4 is 0 Å². The Morgan fingerprint density at radius 1 is 1.19 bits per heavy atom. The molecule has 0 rings (SSSR count). The maximum absolute atomic E-state index is 11.5. The molecule has 0 aromatic rings. The molecular weight excluding hydrogens is 204 g/mol. The van der Waals surface area contributed by atoms with Gasteiger partial charge in [-0.2, -0.15) is 0 Å². The molecule has 0 saturated heterocycles. The number of carbonyl (C=O) groups is 1. The molecule has 0 atom stereocenters. The number of hydrogen-bond acceptors (Lipinski definition) is 3. The number of ether oxygens (including phenoxy) is 2. The van der Waals surface area contributed by atoms with Crippen LogP contribution in [0.2, 0.25) is 0 Å². The summed E-state index contributed by atoms with van der Waals surface area (Å²) < 4.78 is 10.3. The van der Waals surface area contributed by atoms with Crippen LogP contribution in [-0.4, -0.2) is 32.2 Å². The molecule has 0 N–H and O–H groups in total. The van der Waals surface area contributed by atoms with Gasteiger partial charge in [-0.15, -0.1) is 6.42 Å². The van der Waals surface area contributed by atoms with E-state index in [0.29, 0.717) is 39.3 Å². The van der Waals surface area contributed by atoms with E-state index in [1.165, 1.54) is 0 Å². The van der Waals surface area contributed by atoms with Gasteiger partial charge in [-0.25, -0.2) is 0 Å². The summed E-state index contributed by atoms with van der Waals surface area (Å²) in [6, 6.07) is 0. The van der Waals surface area contributed by atoms with Crippen molar-refractivity contribution in [1.82, 2.24) is 0 Å². The highest BCUT2D eigenvalue weighted by molar-refractivity contribution is 5.79. The van der Waals surface area contributed by atoms with Gasteiger partial charge in [0.25, 0.3) is 0 Å². The quantitative estimate of drug-likeness (QED) is 0.469. The SMILES string of the molecule is C#CCOCCOCCC(=O)CC(C)(C)C. The molecule has 0 fully saturated rings. The van der Waals surface area contributed by atoms with Crippen LogP contribution in [0.5, 0.6) is 0 Å². The number of rotatable bonds is 8. The molecule has 3 heteroatoms. The number of ketones is 1. The third-order valence-electron chi connectivity index (χ3n) is 1.81. The molecule has 0 spiro atoms. The van der Waals surface area contributed by atoms with E-state index in [1.807, 2.05) is 0 Å². The highest BCUT2D eigenvalue weighted by Gasteiger charge is 2.15. The van der Waals surface area contributed by atoms with E-state index in [4.69, 9.17) is 15.9 Å². The van der Waals surface area contributed by atoms with Crippen LogP contribution in [0, 0.1) is 17.8 Å². The van der Waals surface area contributed by atoms with Crippen LogP contribution >= 0.6 is 0 Å². The number of Topliss-reactive ketones (excluding diaryl/α,β-unsaturated/α-hetero) is 1. The number of carbonyl (C=O) groups excluding carboxylic acids is 1. The average molecular weight is 226 g/mol. The Kier molecular flexibility index (Phi) is 7.88. The summed E-state index contributed by atoms with van der Waals surface area (Å²) in [6.45, 7) is 7.92. The first-order valence-corrected chi connectivity index (χ1v) is 5.56. The highest BCUT2D eigenvalue weighted by atomic mass is 16.5. The van der Waals surface area contributed by atoms with E-state index in [1.54, 1.807) is 0 Å². The van der Waals surface area contributed by atoms with E-state index in [9.17, 15) is 4.79 Å². The van der Waals surface area contributed by atoms with Crippen molar-refractivity contribution < 1.29 is 14.3 Å². The van der Waals surface area contributed by atoms with Crippen LogP contribution in [0.15, 0.2) is 0 Å². The Morgan fingerprint density at radius 2 is 1.81 bits per heavy atom. The van der Waals surface area contributed by atoms with Crippen LogP contribution in [0.3, 0.4) is 0 Å². The van der Waals surface area contributed by atoms with Crippen molar-refractivity contribution in [3.63, 3.8) is 0 Å². The summed E-state index contributed by atoms with van der Waals surface area (Å²) >= 11 is 0. The smallest absolute Gasteiger partial charge is 0.135 e. The van der Waals surface area contributed by atoms with Gasteiger partial charge in [0, 0.05) is 12.8 Å². The second-order valence-electron chi connectivity index (χ2n) is 4.90. The fourth-order valence-electron chi connectivity index (χ4n) is 1.22.